The van der Waals surface area contributed by atoms with Crippen molar-refractivity contribution in [1.29, 1.82) is 0 Å². The number of hydrogen-bond acceptors (Lipinski definition) is 4. The topological polar surface area (TPSA) is 66.6 Å². The Morgan fingerprint density at radius 2 is 2.05 bits per heavy atom. The van der Waals surface area contributed by atoms with Gasteiger partial charge in [-0.05, 0) is 31.4 Å². The Bertz CT molecular complexity index is 482. The van der Waals surface area contributed by atoms with Crippen molar-refractivity contribution in [2.24, 2.45) is 0 Å². The second-order valence-corrected chi connectivity index (χ2v) is 5.52. The Balaban J connectivity index is 2.15. The van der Waals surface area contributed by atoms with E-state index in [0.29, 0.717) is 6.54 Å². The SMILES string of the molecule is Cc1cc([N+](=O)[O-])ccc1N(C)CC1(O)CCCC1. The molecular weight excluding hydrogens is 244 g/mol. The molecule has 19 heavy (non-hydrogen) atoms. The summed E-state index contributed by atoms with van der Waals surface area (Å²) < 4.78 is 0. The summed E-state index contributed by atoms with van der Waals surface area (Å²) in [5.74, 6) is 0. The van der Waals surface area contributed by atoms with Gasteiger partial charge in [-0.1, -0.05) is 12.8 Å². The summed E-state index contributed by atoms with van der Waals surface area (Å²) in [6, 6.07) is 4.84. The number of non-ortho nitro benzene ring substituents is 1. The van der Waals surface area contributed by atoms with E-state index in [1.165, 1.54) is 6.07 Å². The van der Waals surface area contributed by atoms with Gasteiger partial charge in [-0.25, -0.2) is 0 Å². The molecule has 2 rings (SSSR count). The van der Waals surface area contributed by atoms with E-state index in [1.54, 1.807) is 12.1 Å². The summed E-state index contributed by atoms with van der Waals surface area (Å²) in [6.45, 7) is 2.43. The maximum Gasteiger partial charge on any atom is 0.269 e. The summed E-state index contributed by atoms with van der Waals surface area (Å²) in [6.07, 6.45) is 3.82. The van der Waals surface area contributed by atoms with E-state index in [4.69, 9.17) is 0 Å². The standard InChI is InChI=1S/C14H20N2O3/c1-11-9-12(16(18)19)5-6-13(11)15(2)10-14(17)7-3-4-8-14/h5-6,9,17H,3-4,7-8,10H2,1-2H3. The fourth-order valence-electron chi connectivity index (χ4n) is 2.90. The third kappa shape index (κ3) is 3.04. The van der Waals surface area contributed by atoms with Crippen molar-refractivity contribution in [3.63, 3.8) is 0 Å². The second-order valence-electron chi connectivity index (χ2n) is 5.52. The molecule has 1 aliphatic rings. The molecule has 0 heterocycles. The Labute approximate surface area is 113 Å². The van der Waals surface area contributed by atoms with Crippen molar-refractivity contribution < 1.29 is 10.0 Å². The zero-order chi connectivity index (χ0) is 14.0. The quantitative estimate of drug-likeness (QED) is 0.670. The molecule has 0 saturated heterocycles. The monoisotopic (exact) mass is 264 g/mol. The zero-order valence-electron chi connectivity index (χ0n) is 11.4. The van der Waals surface area contributed by atoms with Gasteiger partial charge in [-0.15, -0.1) is 0 Å². The van der Waals surface area contributed by atoms with E-state index in [2.05, 4.69) is 0 Å². The number of hydrogen-bond donors (Lipinski definition) is 1. The van der Waals surface area contributed by atoms with Crippen molar-refractivity contribution in [3.05, 3.63) is 33.9 Å². The van der Waals surface area contributed by atoms with Gasteiger partial charge in [0.1, 0.15) is 0 Å². The molecule has 0 unspecified atom stereocenters. The van der Waals surface area contributed by atoms with Crippen LogP contribution in [-0.4, -0.2) is 29.2 Å². The third-order valence-electron chi connectivity index (χ3n) is 3.87. The summed E-state index contributed by atoms with van der Waals surface area (Å²) in [7, 11) is 1.92. The Morgan fingerprint density at radius 3 is 2.58 bits per heavy atom. The first-order valence-electron chi connectivity index (χ1n) is 6.60. The van der Waals surface area contributed by atoms with Crippen LogP contribution in [0.5, 0.6) is 0 Å². The molecule has 0 spiro atoms. The zero-order valence-corrected chi connectivity index (χ0v) is 11.4. The third-order valence-corrected chi connectivity index (χ3v) is 3.87. The molecule has 0 bridgehead atoms. The number of nitrogens with zero attached hydrogens (tertiary/aromatic N) is 2. The lowest BCUT2D eigenvalue weighted by atomic mass is 10.0. The predicted molar refractivity (Wildman–Crippen MR) is 74.5 cm³/mol. The molecule has 104 valence electrons. The van der Waals surface area contributed by atoms with Crippen LogP contribution in [0.25, 0.3) is 0 Å². The van der Waals surface area contributed by atoms with Gasteiger partial charge >= 0.3 is 0 Å². The molecule has 1 aromatic carbocycles. The molecule has 5 nitrogen and oxygen atoms in total. The van der Waals surface area contributed by atoms with Crippen molar-refractivity contribution in [1.82, 2.24) is 0 Å². The lowest BCUT2D eigenvalue weighted by Gasteiger charge is -2.30. The van der Waals surface area contributed by atoms with E-state index in [0.717, 1.165) is 36.9 Å². The first-order valence-corrected chi connectivity index (χ1v) is 6.60. The van der Waals surface area contributed by atoms with Crippen LogP contribution in [0, 0.1) is 17.0 Å². The molecule has 1 fully saturated rings. The summed E-state index contributed by atoms with van der Waals surface area (Å²) in [5, 5.41) is 21.1. The van der Waals surface area contributed by atoms with Gasteiger partial charge in [-0.3, -0.25) is 10.1 Å². The number of rotatable bonds is 4. The van der Waals surface area contributed by atoms with Crippen LogP contribution in [-0.2, 0) is 0 Å². The largest absolute Gasteiger partial charge is 0.388 e. The normalized spacial score (nSPS) is 17.4. The van der Waals surface area contributed by atoms with E-state index < -0.39 is 5.60 Å². The Kier molecular flexibility index (Phi) is 3.75. The molecule has 0 amide bonds. The molecular formula is C14H20N2O3. The van der Waals surface area contributed by atoms with Crippen molar-refractivity contribution in [2.45, 2.75) is 38.2 Å². The lowest BCUT2D eigenvalue weighted by molar-refractivity contribution is -0.384. The smallest absolute Gasteiger partial charge is 0.269 e. The molecule has 1 saturated carbocycles. The minimum atomic E-state index is -0.608. The van der Waals surface area contributed by atoms with Gasteiger partial charge < -0.3 is 10.0 Å². The number of anilines is 1. The Hall–Kier alpha value is -1.62. The molecule has 1 aromatic rings. The Morgan fingerprint density at radius 1 is 1.42 bits per heavy atom. The van der Waals surface area contributed by atoms with E-state index >= 15 is 0 Å². The highest BCUT2D eigenvalue weighted by Gasteiger charge is 2.32. The van der Waals surface area contributed by atoms with Gasteiger partial charge in [0, 0.05) is 31.4 Å². The molecule has 1 N–H and O–H groups in total. The predicted octanol–water partition coefficient (Wildman–Crippen LogP) is 2.64. The summed E-state index contributed by atoms with van der Waals surface area (Å²) in [4.78, 5) is 12.3. The van der Waals surface area contributed by atoms with Crippen molar-refractivity contribution in [3.8, 4) is 0 Å². The first-order chi connectivity index (χ1) is 8.91. The second kappa shape index (κ2) is 5.17. The number of nitro groups is 1. The minimum Gasteiger partial charge on any atom is -0.388 e. The molecule has 0 aromatic heterocycles. The molecule has 0 atom stereocenters. The lowest BCUT2D eigenvalue weighted by Crippen LogP contribution is -2.39. The van der Waals surface area contributed by atoms with E-state index in [1.807, 2.05) is 18.9 Å². The first kappa shape index (κ1) is 13.8. The summed E-state index contributed by atoms with van der Waals surface area (Å²) >= 11 is 0. The van der Waals surface area contributed by atoms with Crippen LogP contribution in [0.3, 0.4) is 0 Å². The highest BCUT2D eigenvalue weighted by atomic mass is 16.6. The number of nitro benzene ring substituents is 1. The summed E-state index contributed by atoms with van der Waals surface area (Å²) in [5.41, 5.74) is 1.29. The van der Waals surface area contributed by atoms with Crippen molar-refractivity contribution >= 4 is 11.4 Å². The maximum atomic E-state index is 10.7. The number of aliphatic hydroxyl groups is 1. The average Bonchev–Trinajstić information content (AvgIpc) is 2.75. The van der Waals surface area contributed by atoms with Crippen molar-refractivity contribution in [2.75, 3.05) is 18.5 Å². The van der Waals surface area contributed by atoms with Crippen LogP contribution >= 0.6 is 0 Å². The van der Waals surface area contributed by atoms with Gasteiger partial charge in [0.25, 0.3) is 5.69 Å². The highest BCUT2D eigenvalue weighted by Crippen LogP contribution is 2.32. The van der Waals surface area contributed by atoms with E-state index in [9.17, 15) is 15.2 Å². The number of likely N-dealkylation sites (N-methyl/N-ethyl adjacent to an activating group) is 1. The minimum absolute atomic E-state index is 0.106. The van der Waals surface area contributed by atoms with Crippen LogP contribution in [0.2, 0.25) is 0 Å². The molecule has 0 radical (unpaired) electrons. The van der Waals surface area contributed by atoms with Crippen LogP contribution < -0.4 is 4.90 Å². The van der Waals surface area contributed by atoms with E-state index in [-0.39, 0.29) is 10.6 Å². The van der Waals surface area contributed by atoms with Crippen LogP contribution in [0.1, 0.15) is 31.2 Å². The van der Waals surface area contributed by atoms with Gasteiger partial charge in [0.15, 0.2) is 0 Å². The van der Waals surface area contributed by atoms with Crippen LogP contribution in [0.4, 0.5) is 11.4 Å². The fourth-order valence-corrected chi connectivity index (χ4v) is 2.90. The number of aryl methyl sites for hydroxylation is 1. The molecule has 0 aliphatic heterocycles. The maximum absolute atomic E-state index is 10.7. The van der Waals surface area contributed by atoms with Gasteiger partial charge in [-0.2, -0.15) is 0 Å². The highest BCUT2D eigenvalue weighted by molar-refractivity contribution is 5.57. The van der Waals surface area contributed by atoms with Gasteiger partial charge in [0.2, 0.25) is 0 Å². The molecule has 1 aliphatic carbocycles. The fraction of sp³-hybridized carbons (Fsp3) is 0.571. The van der Waals surface area contributed by atoms with Crippen LogP contribution in [0.15, 0.2) is 18.2 Å². The molecule has 5 heteroatoms. The average molecular weight is 264 g/mol. The van der Waals surface area contributed by atoms with Gasteiger partial charge in [0.05, 0.1) is 10.5 Å². The number of benzene rings is 1.